The van der Waals surface area contributed by atoms with Crippen molar-refractivity contribution in [1.29, 1.82) is 0 Å². The lowest BCUT2D eigenvalue weighted by atomic mass is 9.97. The molecular formula is C27H40N6O6. The highest BCUT2D eigenvalue weighted by Crippen LogP contribution is 2.13. The number of imidazole rings is 1. The Morgan fingerprint density at radius 2 is 1.51 bits per heavy atom. The van der Waals surface area contributed by atoms with Crippen LogP contribution in [0.25, 0.3) is 0 Å². The second-order valence-corrected chi connectivity index (χ2v) is 10.2. The van der Waals surface area contributed by atoms with Crippen LogP contribution in [0.2, 0.25) is 0 Å². The van der Waals surface area contributed by atoms with E-state index in [1.54, 1.807) is 12.1 Å². The number of benzene rings is 1. The Morgan fingerprint density at radius 3 is 2.05 bits per heavy atom. The zero-order chi connectivity index (χ0) is 29.1. The Morgan fingerprint density at radius 1 is 0.923 bits per heavy atom. The number of aromatic amines is 1. The van der Waals surface area contributed by atoms with Gasteiger partial charge in [0.15, 0.2) is 0 Å². The van der Waals surface area contributed by atoms with E-state index in [1.807, 2.05) is 27.7 Å². The Kier molecular flexibility index (Phi) is 11.9. The third-order valence-electron chi connectivity index (χ3n) is 6.50. The molecule has 0 bridgehead atoms. The van der Waals surface area contributed by atoms with Crippen molar-refractivity contribution in [3.05, 3.63) is 48.0 Å². The van der Waals surface area contributed by atoms with E-state index in [-0.39, 0.29) is 36.8 Å². The molecule has 1 aromatic heterocycles. The summed E-state index contributed by atoms with van der Waals surface area (Å²) in [5.74, 6) is -3.09. The summed E-state index contributed by atoms with van der Waals surface area (Å²) in [7, 11) is 0. The van der Waals surface area contributed by atoms with Gasteiger partial charge < -0.3 is 36.9 Å². The standard InChI is InChI=1S/C27H40N6O6/c1-5-16(4)23(28)26(37)32-21(11-17-6-8-19(34)9-7-17)25(36)31-20(10-15(2)3)24(35)33-22(27(38)39)12-18-13-29-14-30-18/h6-9,13-16,20-23,34H,5,10-12,28H2,1-4H3,(H,29,30)(H,31,36)(H,32,37)(H,33,35)(H,38,39). The van der Waals surface area contributed by atoms with E-state index in [0.29, 0.717) is 17.7 Å². The fourth-order valence-electron chi connectivity index (χ4n) is 3.92. The Balaban J connectivity index is 2.23. The van der Waals surface area contributed by atoms with E-state index in [1.165, 1.54) is 24.7 Å². The molecule has 5 unspecified atom stereocenters. The number of nitrogens with two attached hydrogens (primary N) is 1. The van der Waals surface area contributed by atoms with Gasteiger partial charge in [-0.15, -0.1) is 0 Å². The zero-order valence-corrected chi connectivity index (χ0v) is 22.8. The molecule has 2 rings (SSSR count). The van der Waals surface area contributed by atoms with E-state index in [4.69, 9.17) is 5.73 Å². The maximum atomic E-state index is 13.5. The van der Waals surface area contributed by atoms with Crippen molar-refractivity contribution < 1.29 is 29.4 Å². The van der Waals surface area contributed by atoms with Gasteiger partial charge in [-0.05, 0) is 36.0 Å². The highest BCUT2D eigenvalue weighted by molar-refractivity contribution is 5.94. The Hall–Kier alpha value is -3.93. The highest BCUT2D eigenvalue weighted by atomic mass is 16.4. The Bertz CT molecular complexity index is 1090. The number of nitrogens with one attached hydrogen (secondary N) is 4. The van der Waals surface area contributed by atoms with E-state index >= 15 is 0 Å². The van der Waals surface area contributed by atoms with Gasteiger partial charge in [-0.2, -0.15) is 0 Å². The van der Waals surface area contributed by atoms with Crippen molar-refractivity contribution >= 4 is 23.7 Å². The molecule has 0 aliphatic rings. The predicted molar refractivity (Wildman–Crippen MR) is 144 cm³/mol. The topological polar surface area (TPSA) is 200 Å². The minimum atomic E-state index is -1.24. The number of carboxylic acid groups (broad SMARTS) is 1. The number of aromatic nitrogens is 2. The third-order valence-corrected chi connectivity index (χ3v) is 6.50. The summed E-state index contributed by atoms with van der Waals surface area (Å²) < 4.78 is 0. The summed E-state index contributed by atoms with van der Waals surface area (Å²) in [5, 5.41) is 27.2. The number of amides is 3. The molecule has 2 aromatic rings. The molecule has 0 spiro atoms. The molecule has 0 saturated heterocycles. The van der Waals surface area contributed by atoms with Crippen LogP contribution >= 0.6 is 0 Å². The van der Waals surface area contributed by atoms with Gasteiger partial charge in [-0.3, -0.25) is 14.4 Å². The van der Waals surface area contributed by atoms with Crippen LogP contribution in [0.4, 0.5) is 0 Å². The number of phenols is 1. The molecular weight excluding hydrogens is 504 g/mol. The number of rotatable bonds is 15. The third kappa shape index (κ3) is 10.0. The van der Waals surface area contributed by atoms with E-state index in [9.17, 15) is 29.4 Å². The van der Waals surface area contributed by atoms with Crippen molar-refractivity contribution in [2.75, 3.05) is 0 Å². The summed E-state index contributed by atoms with van der Waals surface area (Å²) in [6, 6.07) is 1.99. The van der Waals surface area contributed by atoms with Gasteiger partial charge in [0, 0.05) is 24.7 Å². The molecule has 0 aliphatic carbocycles. The summed E-state index contributed by atoms with van der Waals surface area (Å²) >= 11 is 0. The number of carboxylic acids is 1. The molecule has 0 radical (unpaired) electrons. The highest BCUT2D eigenvalue weighted by Gasteiger charge is 2.31. The molecule has 3 amide bonds. The number of hydrogen-bond acceptors (Lipinski definition) is 7. The van der Waals surface area contributed by atoms with Crippen molar-refractivity contribution in [3.8, 4) is 5.75 Å². The van der Waals surface area contributed by atoms with Gasteiger partial charge in [0.2, 0.25) is 17.7 Å². The van der Waals surface area contributed by atoms with Gasteiger partial charge in [0.05, 0.1) is 12.4 Å². The molecule has 1 heterocycles. The molecule has 0 aliphatic heterocycles. The lowest BCUT2D eigenvalue weighted by Crippen LogP contribution is -2.58. The molecule has 39 heavy (non-hydrogen) atoms. The monoisotopic (exact) mass is 544 g/mol. The van der Waals surface area contributed by atoms with Gasteiger partial charge in [-0.1, -0.05) is 46.2 Å². The van der Waals surface area contributed by atoms with Crippen LogP contribution in [-0.4, -0.2) is 68.0 Å². The minimum absolute atomic E-state index is 0.0131. The van der Waals surface area contributed by atoms with Crippen molar-refractivity contribution in [1.82, 2.24) is 25.9 Å². The molecule has 0 fully saturated rings. The van der Waals surface area contributed by atoms with Gasteiger partial charge >= 0.3 is 5.97 Å². The minimum Gasteiger partial charge on any atom is -0.508 e. The van der Waals surface area contributed by atoms with Crippen LogP contribution in [0.3, 0.4) is 0 Å². The van der Waals surface area contributed by atoms with Crippen LogP contribution in [0, 0.1) is 11.8 Å². The van der Waals surface area contributed by atoms with Crippen molar-refractivity contribution in [2.24, 2.45) is 17.6 Å². The number of hydrogen-bond donors (Lipinski definition) is 7. The van der Waals surface area contributed by atoms with Crippen LogP contribution in [0.15, 0.2) is 36.8 Å². The second-order valence-electron chi connectivity index (χ2n) is 10.2. The van der Waals surface area contributed by atoms with E-state index in [2.05, 4.69) is 25.9 Å². The number of H-pyrrole nitrogens is 1. The number of aromatic hydroxyl groups is 1. The van der Waals surface area contributed by atoms with Gasteiger partial charge in [-0.25, -0.2) is 9.78 Å². The average Bonchev–Trinajstić information content (AvgIpc) is 3.40. The zero-order valence-electron chi connectivity index (χ0n) is 22.8. The molecule has 0 saturated carbocycles. The van der Waals surface area contributed by atoms with E-state index < -0.39 is 47.9 Å². The van der Waals surface area contributed by atoms with Crippen LogP contribution < -0.4 is 21.7 Å². The van der Waals surface area contributed by atoms with Crippen LogP contribution in [0.5, 0.6) is 5.75 Å². The summed E-state index contributed by atoms with van der Waals surface area (Å²) in [4.78, 5) is 58.0. The summed E-state index contributed by atoms with van der Waals surface area (Å²) in [5.41, 5.74) is 7.28. The molecule has 8 N–H and O–H groups in total. The van der Waals surface area contributed by atoms with Crippen molar-refractivity contribution in [2.45, 2.75) is 77.5 Å². The first-order chi connectivity index (χ1) is 18.4. The SMILES string of the molecule is CCC(C)C(N)C(=O)NC(Cc1ccc(O)cc1)C(=O)NC(CC(C)C)C(=O)NC(Cc1cnc[nH]1)C(=O)O. The quantitative estimate of drug-likeness (QED) is 0.171. The molecule has 12 nitrogen and oxygen atoms in total. The first kappa shape index (κ1) is 31.3. The molecule has 12 heteroatoms. The smallest absolute Gasteiger partial charge is 0.326 e. The van der Waals surface area contributed by atoms with Crippen molar-refractivity contribution in [3.63, 3.8) is 0 Å². The number of phenolic OH excluding ortho intramolecular Hbond substituents is 1. The molecule has 214 valence electrons. The second kappa shape index (κ2) is 14.9. The largest absolute Gasteiger partial charge is 0.508 e. The van der Waals surface area contributed by atoms with Crippen LogP contribution in [-0.2, 0) is 32.0 Å². The summed E-state index contributed by atoms with van der Waals surface area (Å²) in [6.07, 6.45) is 3.85. The maximum absolute atomic E-state index is 13.5. The fraction of sp³-hybridized carbons (Fsp3) is 0.519. The number of carbonyl (C=O) groups is 4. The number of aliphatic carboxylic acids is 1. The van der Waals surface area contributed by atoms with Crippen LogP contribution in [0.1, 0.15) is 51.8 Å². The lowest BCUT2D eigenvalue weighted by molar-refractivity contribution is -0.142. The first-order valence-corrected chi connectivity index (χ1v) is 13.1. The molecule has 1 aromatic carbocycles. The summed E-state index contributed by atoms with van der Waals surface area (Å²) in [6.45, 7) is 7.48. The average molecular weight is 545 g/mol. The number of carbonyl (C=O) groups excluding carboxylic acids is 3. The lowest BCUT2D eigenvalue weighted by Gasteiger charge is -2.27. The Labute approximate surface area is 228 Å². The fourth-order valence-corrected chi connectivity index (χ4v) is 3.92. The predicted octanol–water partition coefficient (Wildman–Crippen LogP) is 0.859. The maximum Gasteiger partial charge on any atom is 0.326 e. The van der Waals surface area contributed by atoms with Gasteiger partial charge in [0.25, 0.3) is 0 Å². The first-order valence-electron chi connectivity index (χ1n) is 13.1. The number of nitrogens with zero attached hydrogens (tertiary/aromatic N) is 1. The van der Waals surface area contributed by atoms with Gasteiger partial charge in [0.1, 0.15) is 23.9 Å². The van der Waals surface area contributed by atoms with E-state index in [0.717, 1.165) is 0 Å². The molecule has 5 atom stereocenters. The normalized spacial score (nSPS) is 15.0.